The van der Waals surface area contributed by atoms with Crippen molar-refractivity contribution in [2.75, 3.05) is 6.54 Å². The van der Waals surface area contributed by atoms with E-state index in [0.29, 0.717) is 6.92 Å². The minimum Gasteiger partial charge on any atom is -0.544 e. The summed E-state index contributed by atoms with van der Waals surface area (Å²) < 4.78 is 243. The van der Waals surface area contributed by atoms with Gasteiger partial charge in [0.25, 0.3) is 0 Å². The summed E-state index contributed by atoms with van der Waals surface area (Å²) in [7, 11) is -7.28. The van der Waals surface area contributed by atoms with Gasteiger partial charge in [-0.15, -0.1) is 6.54 Å². The van der Waals surface area contributed by atoms with Crippen LogP contribution in [0.25, 0.3) is 4.72 Å². The topological polar surface area (TPSA) is 48.2 Å². The van der Waals surface area contributed by atoms with Gasteiger partial charge >= 0.3 is 47.0 Å². The summed E-state index contributed by atoms with van der Waals surface area (Å²) >= 11 is 0. The van der Waals surface area contributed by atoms with Crippen LogP contribution in [0.5, 0.6) is 0 Å². The van der Waals surface area contributed by atoms with Crippen LogP contribution in [0.3, 0.4) is 0 Å². The van der Waals surface area contributed by atoms with Gasteiger partial charge in [0.15, 0.2) is 0 Å². The van der Waals surface area contributed by atoms with E-state index in [-0.39, 0.29) is 0 Å². The number of hydrogen-bond acceptors (Lipinski definition) is 2. The lowest BCUT2D eigenvalue weighted by molar-refractivity contribution is -0.458. The van der Waals surface area contributed by atoms with Crippen molar-refractivity contribution in [3.63, 3.8) is 0 Å². The van der Waals surface area contributed by atoms with Gasteiger partial charge in [0.1, 0.15) is 10.0 Å². The van der Waals surface area contributed by atoms with Crippen LogP contribution in [-0.2, 0) is 10.0 Å². The van der Waals surface area contributed by atoms with Crippen molar-refractivity contribution < 1.29 is 83.1 Å². The molecule has 0 saturated heterocycles. The van der Waals surface area contributed by atoms with Crippen LogP contribution in [-0.4, -0.2) is 61.9 Å². The van der Waals surface area contributed by atoms with Gasteiger partial charge in [-0.2, -0.15) is 74.6 Å². The van der Waals surface area contributed by atoms with Crippen molar-refractivity contribution in [3.8, 4) is 0 Å². The molecule has 0 amide bonds. The molecule has 3 nitrogen and oxygen atoms in total. The zero-order valence-electron chi connectivity index (χ0n) is 13.8. The summed E-state index contributed by atoms with van der Waals surface area (Å²) in [6.07, 6.45) is -7.86. The van der Waals surface area contributed by atoms with Gasteiger partial charge in [-0.3, -0.25) is 0 Å². The summed E-state index contributed by atoms with van der Waals surface area (Å²) in [5.74, 6) is -51.5. The van der Waals surface area contributed by atoms with Gasteiger partial charge in [-0.25, -0.2) is 8.42 Å². The van der Waals surface area contributed by atoms with Gasteiger partial charge in [-0.05, 0) is 0 Å². The molecule has 0 aromatic heterocycles. The fourth-order valence-electron chi connectivity index (χ4n) is 1.56. The van der Waals surface area contributed by atoms with Crippen molar-refractivity contribution in [1.82, 2.24) is 0 Å². The molecule has 0 heterocycles. The lowest BCUT2D eigenvalue weighted by Crippen LogP contribution is -2.74. The number of rotatable bonds is 9. The highest BCUT2D eigenvalue weighted by molar-refractivity contribution is 7.95. The normalized spacial score (nSPS) is 16.6. The van der Waals surface area contributed by atoms with E-state index >= 15 is 0 Å². The lowest BCUT2D eigenvalue weighted by Gasteiger charge is -2.43. The molecule has 0 spiro atoms. The van der Waals surface area contributed by atoms with E-state index < -0.39 is 63.5 Å². The van der Waals surface area contributed by atoms with Gasteiger partial charge in [0.2, 0.25) is 0 Å². The smallest absolute Gasteiger partial charge is 0.460 e. The molecule has 31 heavy (non-hydrogen) atoms. The Kier molecular flexibility index (Phi) is 7.07. The van der Waals surface area contributed by atoms with Crippen LogP contribution in [0.1, 0.15) is 6.92 Å². The molecule has 0 N–H and O–H groups in total. The highest BCUT2D eigenvalue weighted by Gasteiger charge is 2.95. The van der Waals surface area contributed by atoms with Crippen LogP contribution in [0.2, 0.25) is 0 Å². The van der Waals surface area contributed by atoms with Crippen molar-refractivity contribution in [2.24, 2.45) is 0 Å². The Labute approximate surface area is 159 Å². The molecule has 0 aliphatic rings. The molecule has 0 saturated carbocycles. The first-order chi connectivity index (χ1) is 13.1. The molecule has 0 bridgehead atoms. The molecule has 21 heteroatoms. The first kappa shape index (κ1) is 29.7. The Hall–Kier alpha value is -1.28. The largest absolute Gasteiger partial charge is 0.544 e. The Balaban J connectivity index is 6.91. The fourth-order valence-corrected chi connectivity index (χ4v) is 2.52. The van der Waals surface area contributed by atoms with Gasteiger partial charge in [0.05, 0.1) is 0 Å². The highest BCUT2D eigenvalue weighted by atomic mass is 32.2. The van der Waals surface area contributed by atoms with E-state index in [1.54, 1.807) is 4.72 Å². The molecule has 0 atom stereocenters. The minimum atomic E-state index is -8.83. The van der Waals surface area contributed by atoms with Crippen molar-refractivity contribution >= 4 is 10.0 Å². The summed E-state index contributed by atoms with van der Waals surface area (Å²) in [5.41, 5.74) is 0. The number of halogens is 17. The molecule has 0 aliphatic carbocycles. The van der Waals surface area contributed by atoms with Crippen LogP contribution in [0.4, 0.5) is 74.6 Å². The second-order valence-electron chi connectivity index (χ2n) is 5.38. The van der Waals surface area contributed by atoms with Gasteiger partial charge < -0.3 is 4.72 Å². The Bertz CT molecular complexity index is 768. The molecule has 0 aromatic carbocycles. The lowest BCUT2D eigenvalue weighted by atomic mass is 9.91. The van der Waals surface area contributed by atoms with E-state index in [2.05, 4.69) is 0 Å². The summed E-state index contributed by atoms with van der Waals surface area (Å²) in [4.78, 5) is 0. The van der Waals surface area contributed by atoms with Crippen LogP contribution in [0.15, 0.2) is 0 Å². The number of nitrogens with zero attached hydrogens (tertiary/aromatic N) is 1. The third-order valence-corrected chi connectivity index (χ3v) is 4.82. The Morgan fingerprint density at radius 2 is 0.774 bits per heavy atom. The predicted octanol–water partition coefficient (Wildman–Crippen LogP) is 5.68. The van der Waals surface area contributed by atoms with Crippen LogP contribution < -0.4 is 0 Å². The van der Waals surface area contributed by atoms with E-state index in [0.717, 1.165) is 0 Å². The quantitative estimate of drug-likeness (QED) is 0.364. The summed E-state index contributed by atoms with van der Waals surface area (Å²) in [6.45, 7) is -0.992. The third kappa shape index (κ3) is 3.67. The maximum atomic E-state index is 13.3. The second-order valence-corrected chi connectivity index (χ2v) is 7.10. The maximum Gasteiger partial charge on any atom is 0.460 e. The van der Waals surface area contributed by atoms with E-state index in [4.69, 9.17) is 0 Å². The Morgan fingerprint density at radius 3 is 1.03 bits per heavy atom. The highest BCUT2D eigenvalue weighted by Crippen LogP contribution is 2.64. The third-order valence-electron chi connectivity index (χ3n) is 3.32. The summed E-state index contributed by atoms with van der Waals surface area (Å²) in [5, 5.41) is -7.55. The minimum absolute atomic E-state index is 0.465. The SMILES string of the molecule is CC[N-]S(=O)(=O)C(F)(F)C(F)(F)C(F)(F)C(F)(F)C(F)(F)C(F)(F)C(F)(F)C(F)(F)F. The Morgan fingerprint density at radius 1 is 0.516 bits per heavy atom. The molecule has 0 aliphatic heterocycles. The van der Waals surface area contributed by atoms with Crippen LogP contribution in [0, 0.1) is 0 Å². The molecule has 0 rings (SSSR count). The van der Waals surface area contributed by atoms with E-state index in [1.807, 2.05) is 0 Å². The van der Waals surface area contributed by atoms with Gasteiger partial charge in [-0.1, -0.05) is 6.92 Å². The van der Waals surface area contributed by atoms with E-state index in [1.165, 1.54) is 0 Å². The van der Waals surface area contributed by atoms with Crippen LogP contribution >= 0.6 is 0 Å². The average molecular weight is 526 g/mol. The van der Waals surface area contributed by atoms with Crippen molar-refractivity contribution in [1.29, 1.82) is 0 Å². The first-order valence-electron chi connectivity index (χ1n) is 6.71. The van der Waals surface area contributed by atoms with Crippen molar-refractivity contribution in [2.45, 2.75) is 53.9 Å². The average Bonchev–Trinajstić information content (AvgIpc) is 2.52. The summed E-state index contributed by atoms with van der Waals surface area (Å²) in [6, 6.07) is 0. The number of alkyl halides is 17. The molecule has 188 valence electrons. The number of hydrogen-bond donors (Lipinski definition) is 0. The molecule has 0 aromatic rings. The second kappa shape index (κ2) is 7.37. The standard InChI is InChI=1S/C10H5F17NO2S/c1-2-28-31(29,30)10(26,27)8(21,22)6(17,18)4(13,14)3(11,12)5(15,16)7(19,20)9(23,24)25/h2H2,1H3/q-1. The molecule has 0 unspecified atom stereocenters. The fraction of sp³-hybridized carbons (Fsp3) is 1.00. The zero-order valence-corrected chi connectivity index (χ0v) is 14.6. The predicted molar refractivity (Wildman–Crippen MR) is 63.5 cm³/mol. The maximum absolute atomic E-state index is 13.3. The molecular formula is C10H5F17NO2S-. The number of sulfonamides is 1. The molecule has 0 radical (unpaired) electrons. The monoisotopic (exact) mass is 526 g/mol. The zero-order chi connectivity index (χ0) is 25.9. The first-order valence-corrected chi connectivity index (χ1v) is 8.15. The molecule has 0 fully saturated rings. The van der Waals surface area contributed by atoms with E-state index in [9.17, 15) is 83.1 Å². The molecular weight excluding hydrogens is 521 g/mol. The van der Waals surface area contributed by atoms with Gasteiger partial charge in [0, 0.05) is 0 Å². The van der Waals surface area contributed by atoms with Crippen molar-refractivity contribution in [3.05, 3.63) is 4.72 Å².